The lowest BCUT2D eigenvalue weighted by Crippen LogP contribution is -2.48. The summed E-state index contributed by atoms with van der Waals surface area (Å²) in [5.41, 5.74) is -0.500. The fourth-order valence-electron chi connectivity index (χ4n) is 2.12. The van der Waals surface area contributed by atoms with E-state index < -0.39 is 5.41 Å². The Labute approximate surface area is 97.6 Å². The Kier molecular flexibility index (Phi) is 4.74. The molecule has 0 aromatic carbocycles. The average molecular weight is 229 g/mol. The SMILES string of the molecule is COC(=O)C(C)(C)CN(CCO)C1CCC1. The minimum Gasteiger partial charge on any atom is -0.469 e. The van der Waals surface area contributed by atoms with E-state index in [2.05, 4.69) is 4.90 Å². The molecule has 0 heterocycles. The fraction of sp³-hybridized carbons (Fsp3) is 0.917. The lowest BCUT2D eigenvalue weighted by Gasteiger charge is -2.40. The summed E-state index contributed by atoms with van der Waals surface area (Å²) in [5.74, 6) is -0.185. The number of carbonyl (C=O) groups is 1. The number of ether oxygens (including phenoxy) is 1. The van der Waals surface area contributed by atoms with Crippen LogP contribution >= 0.6 is 0 Å². The monoisotopic (exact) mass is 229 g/mol. The second-order valence-corrected chi connectivity index (χ2v) is 5.15. The Morgan fingerprint density at radius 3 is 2.50 bits per heavy atom. The lowest BCUT2D eigenvalue weighted by molar-refractivity contribution is -0.152. The number of carbonyl (C=O) groups excluding carboxylic acids is 1. The highest BCUT2D eigenvalue weighted by Gasteiger charge is 2.34. The first kappa shape index (κ1) is 13.5. The van der Waals surface area contributed by atoms with Gasteiger partial charge in [-0.15, -0.1) is 0 Å². The van der Waals surface area contributed by atoms with Gasteiger partial charge in [-0.3, -0.25) is 9.69 Å². The smallest absolute Gasteiger partial charge is 0.312 e. The van der Waals surface area contributed by atoms with Gasteiger partial charge in [0, 0.05) is 19.1 Å². The van der Waals surface area contributed by atoms with Crippen molar-refractivity contribution in [2.24, 2.45) is 5.41 Å². The van der Waals surface area contributed by atoms with Crippen LogP contribution in [0.3, 0.4) is 0 Å². The minimum absolute atomic E-state index is 0.147. The zero-order chi connectivity index (χ0) is 12.2. The molecule has 0 bridgehead atoms. The van der Waals surface area contributed by atoms with Crippen molar-refractivity contribution in [2.45, 2.75) is 39.2 Å². The van der Waals surface area contributed by atoms with E-state index in [-0.39, 0.29) is 12.6 Å². The van der Waals surface area contributed by atoms with Gasteiger partial charge in [0.25, 0.3) is 0 Å². The van der Waals surface area contributed by atoms with Gasteiger partial charge in [-0.1, -0.05) is 6.42 Å². The number of esters is 1. The molecule has 0 aromatic heterocycles. The third kappa shape index (κ3) is 3.19. The maximum atomic E-state index is 11.6. The Bertz CT molecular complexity index is 236. The molecule has 1 N–H and O–H groups in total. The Morgan fingerprint density at radius 2 is 2.12 bits per heavy atom. The lowest BCUT2D eigenvalue weighted by atomic mass is 9.87. The summed E-state index contributed by atoms with van der Waals surface area (Å²) in [5, 5.41) is 9.04. The summed E-state index contributed by atoms with van der Waals surface area (Å²) in [6.45, 7) is 5.23. The normalized spacial score (nSPS) is 17.3. The zero-order valence-corrected chi connectivity index (χ0v) is 10.5. The van der Waals surface area contributed by atoms with Crippen LogP contribution in [-0.4, -0.2) is 48.8 Å². The Morgan fingerprint density at radius 1 is 1.50 bits per heavy atom. The average Bonchev–Trinajstić information content (AvgIpc) is 2.13. The third-order valence-electron chi connectivity index (χ3n) is 3.31. The molecule has 0 aromatic rings. The highest BCUT2D eigenvalue weighted by molar-refractivity contribution is 5.76. The quantitative estimate of drug-likeness (QED) is 0.691. The van der Waals surface area contributed by atoms with Gasteiger partial charge >= 0.3 is 5.97 Å². The molecule has 0 radical (unpaired) electrons. The van der Waals surface area contributed by atoms with Gasteiger partial charge in [0.1, 0.15) is 0 Å². The van der Waals surface area contributed by atoms with Crippen LogP contribution in [0.4, 0.5) is 0 Å². The first-order valence-corrected chi connectivity index (χ1v) is 5.94. The van der Waals surface area contributed by atoms with E-state index in [1.807, 2.05) is 13.8 Å². The second-order valence-electron chi connectivity index (χ2n) is 5.15. The van der Waals surface area contributed by atoms with E-state index in [0.717, 1.165) is 0 Å². The van der Waals surface area contributed by atoms with Crippen LogP contribution in [0, 0.1) is 5.41 Å². The predicted octanol–water partition coefficient (Wildman–Crippen LogP) is 1.03. The third-order valence-corrected chi connectivity index (χ3v) is 3.31. The van der Waals surface area contributed by atoms with Crippen molar-refractivity contribution in [3.63, 3.8) is 0 Å². The number of aliphatic hydroxyl groups is 1. The van der Waals surface area contributed by atoms with Crippen molar-refractivity contribution in [2.75, 3.05) is 26.8 Å². The molecule has 94 valence electrons. The highest BCUT2D eigenvalue weighted by Crippen LogP contribution is 2.28. The summed E-state index contributed by atoms with van der Waals surface area (Å²) >= 11 is 0. The topological polar surface area (TPSA) is 49.8 Å². The molecule has 4 nitrogen and oxygen atoms in total. The highest BCUT2D eigenvalue weighted by atomic mass is 16.5. The van der Waals surface area contributed by atoms with Crippen LogP contribution in [0.25, 0.3) is 0 Å². The maximum Gasteiger partial charge on any atom is 0.312 e. The standard InChI is InChI=1S/C12H23NO3/c1-12(2,11(15)16-3)9-13(7-8-14)10-5-4-6-10/h10,14H,4-9H2,1-3H3. The van der Waals surface area contributed by atoms with Crippen LogP contribution in [0.1, 0.15) is 33.1 Å². The molecule has 1 saturated carbocycles. The summed E-state index contributed by atoms with van der Waals surface area (Å²) in [7, 11) is 1.42. The zero-order valence-electron chi connectivity index (χ0n) is 10.5. The second kappa shape index (κ2) is 5.64. The molecule has 0 unspecified atom stereocenters. The van der Waals surface area contributed by atoms with Crippen molar-refractivity contribution in [1.29, 1.82) is 0 Å². The van der Waals surface area contributed by atoms with Crippen LogP contribution in [0.2, 0.25) is 0 Å². The number of nitrogens with zero attached hydrogens (tertiary/aromatic N) is 1. The molecule has 0 amide bonds. The molecule has 1 aliphatic carbocycles. The first-order valence-electron chi connectivity index (χ1n) is 5.94. The molecule has 0 atom stereocenters. The molecule has 4 heteroatoms. The van der Waals surface area contributed by atoms with Crippen LogP contribution < -0.4 is 0 Å². The number of hydrogen-bond acceptors (Lipinski definition) is 4. The van der Waals surface area contributed by atoms with Crippen molar-refractivity contribution in [1.82, 2.24) is 4.90 Å². The number of hydrogen-bond donors (Lipinski definition) is 1. The van der Waals surface area contributed by atoms with Crippen LogP contribution in [0.15, 0.2) is 0 Å². The van der Waals surface area contributed by atoms with Gasteiger partial charge in [-0.05, 0) is 26.7 Å². The molecule has 16 heavy (non-hydrogen) atoms. The number of rotatable bonds is 6. The fourth-order valence-corrected chi connectivity index (χ4v) is 2.12. The Hall–Kier alpha value is -0.610. The van der Waals surface area contributed by atoms with E-state index in [4.69, 9.17) is 9.84 Å². The molecule has 0 saturated heterocycles. The van der Waals surface area contributed by atoms with E-state index in [0.29, 0.717) is 19.1 Å². The summed E-state index contributed by atoms with van der Waals surface area (Å²) in [6.07, 6.45) is 3.61. The van der Waals surface area contributed by atoms with Crippen LogP contribution in [-0.2, 0) is 9.53 Å². The summed E-state index contributed by atoms with van der Waals surface area (Å²) < 4.78 is 4.80. The molecular weight excluding hydrogens is 206 g/mol. The molecular formula is C12H23NO3. The molecule has 1 aliphatic rings. The predicted molar refractivity (Wildman–Crippen MR) is 62.1 cm³/mol. The van der Waals surface area contributed by atoms with Gasteiger partial charge in [0.15, 0.2) is 0 Å². The van der Waals surface area contributed by atoms with E-state index in [1.165, 1.54) is 26.4 Å². The van der Waals surface area contributed by atoms with Crippen molar-refractivity contribution in [3.8, 4) is 0 Å². The van der Waals surface area contributed by atoms with E-state index >= 15 is 0 Å². The molecule has 1 fully saturated rings. The van der Waals surface area contributed by atoms with E-state index in [1.54, 1.807) is 0 Å². The number of aliphatic hydroxyl groups excluding tert-OH is 1. The minimum atomic E-state index is -0.500. The van der Waals surface area contributed by atoms with Crippen LogP contribution in [0.5, 0.6) is 0 Å². The Balaban J connectivity index is 2.55. The largest absolute Gasteiger partial charge is 0.469 e. The maximum absolute atomic E-state index is 11.6. The van der Waals surface area contributed by atoms with Gasteiger partial charge in [0.05, 0.1) is 19.1 Å². The van der Waals surface area contributed by atoms with Gasteiger partial charge < -0.3 is 9.84 Å². The molecule has 0 spiro atoms. The van der Waals surface area contributed by atoms with E-state index in [9.17, 15) is 4.79 Å². The summed E-state index contributed by atoms with van der Waals surface area (Å²) in [6, 6.07) is 0.538. The van der Waals surface area contributed by atoms with Crippen molar-refractivity contribution < 1.29 is 14.6 Å². The van der Waals surface area contributed by atoms with Crippen molar-refractivity contribution >= 4 is 5.97 Å². The molecule has 1 rings (SSSR count). The van der Waals surface area contributed by atoms with Gasteiger partial charge in [0.2, 0.25) is 0 Å². The number of methoxy groups -OCH3 is 1. The first-order chi connectivity index (χ1) is 7.51. The molecule has 0 aliphatic heterocycles. The van der Waals surface area contributed by atoms with Crippen molar-refractivity contribution in [3.05, 3.63) is 0 Å². The van der Waals surface area contributed by atoms with Gasteiger partial charge in [-0.2, -0.15) is 0 Å². The van der Waals surface area contributed by atoms with Gasteiger partial charge in [-0.25, -0.2) is 0 Å². The summed E-state index contributed by atoms with van der Waals surface area (Å²) in [4.78, 5) is 13.8.